The fourth-order valence-corrected chi connectivity index (χ4v) is 5.96. The smallest absolute Gasteiger partial charge is 0.406 e. The molecule has 2 bridgehead atoms. The minimum atomic E-state index is -4.58. The molecule has 0 saturated heterocycles. The number of phenolic OH excluding ortho intramolecular Hbond substituents is 1. The van der Waals surface area contributed by atoms with Crippen LogP contribution < -0.4 is 10.5 Å². The topological polar surface area (TPSA) is 84.1 Å². The van der Waals surface area contributed by atoms with Gasteiger partial charge in [-0.2, -0.15) is 13.2 Å². The van der Waals surface area contributed by atoms with Crippen molar-refractivity contribution in [3.63, 3.8) is 0 Å². The van der Waals surface area contributed by atoms with E-state index in [9.17, 15) is 23.1 Å². The molecular formula is C25H25F4N5O2. The highest BCUT2D eigenvalue weighted by Crippen LogP contribution is 2.48. The fraction of sp³-hybridized carbons (Fsp3) is 0.520. The van der Waals surface area contributed by atoms with E-state index in [2.05, 4.69) is 20.1 Å². The maximum Gasteiger partial charge on any atom is 0.406 e. The Morgan fingerprint density at radius 1 is 1.08 bits per heavy atom. The van der Waals surface area contributed by atoms with Crippen LogP contribution in [0.4, 0.5) is 23.4 Å². The summed E-state index contributed by atoms with van der Waals surface area (Å²) in [4.78, 5) is 18.5. The molecular weight excluding hydrogens is 478 g/mol. The molecule has 11 heteroatoms. The Balaban J connectivity index is 1.31. The molecule has 0 aliphatic heterocycles. The number of aromatic hydroxyl groups is 1. The molecule has 3 aromatic rings. The Bertz CT molecular complexity index is 1360. The van der Waals surface area contributed by atoms with Crippen molar-refractivity contribution in [2.75, 3.05) is 4.90 Å². The van der Waals surface area contributed by atoms with Crippen LogP contribution >= 0.6 is 0 Å². The second kappa shape index (κ2) is 8.41. The predicted octanol–water partition coefficient (Wildman–Crippen LogP) is 4.62. The molecule has 3 aliphatic rings. The number of benzene rings is 1. The monoisotopic (exact) mass is 503 g/mol. The number of anilines is 1. The Morgan fingerprint density at radius 2 is 1.89 bits per heavy atom. The van der Waals surface area contributed by atoms with Crippen LogP contribution in [0.3, 0.4) is 0 Å². The summed E-state index contributed by atoms with van der Waals surface area (Å²) in [5.74, 6) is 0.955. The molecule has 4 atom stereocenters. The highest BCUT2D eigenvalue weighted by Gasteiger charge is 2.48. The molecule has 0 unspecified atom stereocenters. The molecule has 190 valence electrons. The first-order valence-electron chi connectivity index (χ1n) is 12.2. The summed E-state index contributed by atoms with van der Waals surface area (Å²) in [5.41, 5.74) is -0.202. The van der Waals surface area contributed by atoms with Gasteiger partial charge in [-0.15, -0.1) is 10.2 Å². The van der Waals surface area contributed by atoms with Gasteiger partial charge >= 0.3 is 6.18 Å². The summed E-state index contributed by atoms with van der Waals surface area (Å²) in [6, 6.07) is 5.99. The minimum absolute atomic E-state index is 0.116. The molecule has 1 N–H and O–H groups in total. The Labute approximate surface area is 203 Å². The summed E-state index contributed by atoms with van der Waals surface area (Å²) in [6.07, 6.45) is 1.18. The van der Waals surface area contributed by atoms with Gasteiger partial charge in [0.1, 0.15) is 18.5 Å². The zero-order chi connectivity index (χ0) is 25.2. The second-order valence-corrected chi connectivity index (χ2v) is 10.3. The van der Waals surface area contributed by atoms with Crippen LogP contribution in [0.25, 0.3) is 22.2 Å². The van der Waals surface area contributed by atoms with Crippen molar-refractivity contribution in [2.24, 2.45) is 11.8 Å². The number of halogens is 4. The van der Waals surface area contributed by atoms with Gasteiger partial charge in [0.05, 0.1) is 29.0 Å². The predicted molar refractivity (Wildman–Crippen MR) is 124 cm³/mol. The number of fused-ring (bicyclic) bond motifs is 3. The van der Waals surface area contributed by atoms with Crippen molar-refractivity contribution in [2.45, 2.75) is 69.5 Å². The standard InChI is InChI=1S/C25H25F4N5O2/c26-23-14-2-1-13(7-14)8-20(23)34(15-3-4-15)22-6-5-18(31-32-22)16-9-19-17(10-21(16)35)24(36)33(12-30-19)11-25(27,28)29/h5-6,9-10,12-15,20,23,35H,1-4,7-8,11H2/t13-,14+,20+,23-/m0/s1. The fourth-order valence-electron chi connectivity index (χ4n) is 5.96. The summed E-state index contributed by atoms with van der Waals surface area (Å²) >= 11 is 0. The van der Waals surface area contributed by atoms with Crippen LogP contribution in [0.5, 0.6) is 5.75 Å². The van der Waals surface area contributed by atoms with E-state index < -0.39 is 24.5 Å². The van der Waals surface area contributed by atoms with E-state index in [-0.39, 0.29) is 40.2 Å². The van der Waals surface area contributed by atoms with Gasteiger partial charge in [-0.05, 0) is 74.6 Å². The molecule has 0 radical (unpaired) electrons. The van der Waals surface area contributed by atoms with Crippen LogP contribution in [0.2, 0.25) is 0 Å². The number of rotatable bonds is 5. The van der Waals surface area contributed by atoms with Crippen LogP contribution in [-0.2, 0) is 6.54 Å². The van der Waals surface area contributed by atoms with Gasteiger partial charge in [0.25, 0.3) is 5.56 Å². The van der Waals surface area contributed by atoms with E-state index in [1.807, 2.05) is 0 Å². The van der Waals surface area contributed by atoms with E-state index in [1.165, 1.54) is 6.07 Å². The number of phenols is 1. The zero-order valence-electron chi connectivity index (χ0n) is 19.3. The van der Waals surface area contributed by atoms with E-state index in [0.29, 0.717) is 22.0 Å². The van der Waals surface area contributed by atoms with E-state index in [1.54, 1.807) is 12.1 Å². The molecule has 3 saturated carbocycles. The van der Waals surface area contributed by atoms with Crippen LogP contribution in [0.15, 0.2) is 35.4 Å². The molecule has 0 amide bonds. The van der Waals surface area contributed by atoms with Crippen molar-refractivity contribution < 1.29 is 22.7 Å². The van der Waals surface area contributed by atoms with Crippen LogP contribution in [0, 0.1) is 11.8 Å². The molecule has 3 aliphatic carbocycles. The number of nitrogens with zero attached hydrogens (tertiary/aromatic N) is 5. The Morgan fingerprint density at radius 3 is 2.58 bits per heavy atom. The van der Waals surface area contributed by atoms with Gasteiger partial charge in [-0.25, -0.2) is 9.37 Å². The first-order chi connectivity index (χ1) is 17.2. The summed E-state index contributed by atoms with van der Waals surface area (Å²) in [5, 5.41) is 19.1. The van der Waals surface area contributed by atoms with E-state index in [0.717, 1.165) is 50.9 Å². The average molecular weight is 504 g/mol. The quantitative estimate of drug-likeness (QED) is 0.512. The SMILES string of the molecule is O=c1c2cc(O)c(-c3ccc(N(C4CC4)[C@@H]4C[C@H]5CC[C@H](C5)[C@@H]4F)nn3)cc2ncn1CC(F)(F)F. The molecule has 2 heterocycles. The Hall–Kier alpha value is -3.24. The summed E-state index contributed by atoms with van der Waals surface area (Å²) < 4.78 is 54.0. The molecule has 2 aromatic heterocycles. The van der Waals surface area contributed by atoms with Gasteiger partial charge in [0.2, 0.25) is 0 Å². The van der Waals surface area contributed by atoms with Gasteiger partial charge < -0.3 is 10.0 Å². The molecule has 1 aromatic carbocycles. The molecule has 0 spiro atoms. The Kier molecular flexibility index (Phi) is 5.42. The highest BCUT2D eigenvalue weighted by atomic mass is 19.4. The lowest BCUT2D eigenvalue weighted by molar-refractivity contribution is -0.141. The normalized spacial score (nSPS) is 25.9. The lowest BCUT2D eigenvalue weighted by Gasteiger charge is -2.40. The molecule has 3 fully saturated rings. The van der Waals surface area contributed by atoms with Crippen molar-refractivity contribution in [1.82, 2.24) is 19.7 Å². The summed E-state index contributed by atoms with van der Waals surface area (Å²) in [7, 11) is 0. The largest absolute Gasteiger partial charge is 0.507 e. The molecule has 6 rings (SSSR count). The zero-order valence-corrected chi connectivity index (χ0v) is 19.3. The number of hydrogen-bond donors (Lipinski definition) is 1. The number of hydrogen-bond acceptors (Lipinski definition) is 6. The van der Waals surface area contributed by atoms with Gasteiger partial charge in [-0.3, -0.25) is 9.36 Å². The minimum Gasteiger partial charge on any atom is -0.507 e. The van der Waals surface area contributed by atoms with Crippen molar-refractivity contribution in [3.8, 4) is 17.0 Å². The van der Waals surface area contributed by atoms with Gasteiger partial charge in [0, 0.05) is 11.6 Å². The first kappa shape index (κ1) is 23.2. The van der Waals surface area contributed by atoms with Crippen LogP contribution in [0.1, 0.15) is 38.5 Å². The third-order valence-electron chi connectivity index (χ3n) is 7.75. The van der Waals surface area contributed by atoms with E-state index in [4.69, 9.17) is 0 Å². The third kappa shape index (κ3) is 4.18. The maximum atomic E-state index is 15.3. The lowest BCUT2D eigenvalue weighted by Crippen LogP contribution is -2.49. The number of aromatic nitrogens is 4. The van der Waals surface area contributed by atoms with Crippen LogP contribution in [-0.4, -0.2) is 49.3 Å². The van der Waals surface area contributed by atoms with Gasteiger partial charge in [0.15, 0.2) is 5.82 Å². The third-order valence-corrected chi connectivity index (χ3v) is 7.75. The van der Waals surface area contributed by atoms with Crippen molar-refractivity contribution in [3.05, 3.63) is 40.9 Å². The first-order valence-corrected chi connectivity index (χ1v) is 12.2. The van der Waals surface area contributed by atoms with Crippen molar-refractivity contribution >= 4 is 16.7 Å². The highest BCUT2D eigenvalue weighted by molar-refractivity contribution is 5.86. The molecule has 36 heavy (non-hydrogen) atoms. The lowest BCUT2D eigenvalue weighted by atomic mass is 9.83. The number of alkyl halides is 4. The second-order valence-electron chi connectivity index (χ2n) is 10.3. The summed E-state index contributed by atoms with van der Waals surface area (Å²) in [6.45, 7) is -1.47. The maximum absolute atomic E-state index is 15.3. The van der Waals surface area contributed by atoms with E-state index >= 15 is 4.39 Å². The molecule has 7 nitrogen and oxygen atoms in total. The van der Waals surface area contributed by atoms with Crippen molar-refractivity contribution in [1.29, 1.82) is 0 Å². The average Bonchev–Trinajstić information content (AvgIpc) is 3.58. The van der Waals surface area contributed by atoms with Gasteiger partial charge in [-0.1, -0.05) is 0 Å².